The van der Waals surface area contributed by atoms with Gasteiger partial charge in [0, 0.05) is 44.0 Å². The largest absolute Gasteiger partial charge is 0.497 e. The lowest BCUT2D eigenvalue weighted by molar-refractivity contribution is -0.00659. The molecule has 0 saturated carbocycles. The molecule has 1 N–H and O–H groups in total. The average molecular weight is 669 g/mol. The molecule has 1 fully saturated rings. The van der Waals surface area contributed by atoms with E-state index >= 15 is 0 Å². The molecular weight excluding hydrogens is 621 g/mol. The van der Waals surface area contributed by atoms with E-state index in [-0.39, 0.29) is 16.9 Å². The minimum Gasteiger partial charge on any atom is -0.497 e. The van der Waals surface area contributed by atoms with Gasteiger partial charge in [0.25, 0.3) is 0 Å². The van der Waals surface area contributed by atoms with E-state index in [9.17, 15) is 8.42 Å². The number of anilines is 1. The molecule has 5 rings (SSSR count). The van der Waals surface area contributed by atoms with Crippen molar-refractivity contribution in [2.75, 3.05) is 58.2 Å². The van der Waals surface area contributed by atoms with Crippen molar-refractivity contribution in [2.24, 2.45) is 0 Å². The molecule has 2 aliphatic heterocycles. The molecule has 8 nitrogen and oxygen atoms in total. The molecule has 250 valence electrons. The van der Waals surface area contributed by atoms with E-state index in [2.05, 4.69) is 35.5 Å². The molecule has 0 radical (unpaired) electrons. The van der Waals surface area contributed by atoms with Crippen molar-refractivity contribution in [1.29, 1.82) is 0 Å². The second-order valence-corrected chi connectivity index (χ2v) is 15.5. The SMILES string of the molecule is COCCCN1CCOc2ccc(C(O[C@H]3CN[C@@H](CC(C)SC)C[C@@H]3c3ccc(OC)cc3)S(=O)(=O)c3ccc(C)cc3)cc21. The third-order valence-electron chi connectivity index (χ3n) is 9.08. The highest BCUT2D eigenvalue weighted by Crippen LogP contribution is 2.42. The van der Waals surface area contributed by atoms with Crippen LogP contribution in [0.1, 0.15) is 54.2 Å². The maximum absolute atomic E-state index is 14.5. The van der Waals surface area contributed by atoms with Gasteiger partial charge in [0.05, 0.1) is 30.3 Å². The second-order valence-electron chi connectivity index (χ2n) is 12.3. The van der Waals surface area contributed by atoms with E-state index in [1.165, 1.54) is 0 Å². The van der Waals surface area contributed by atoms with Gasteiger partial charge in [-0.15, -0.1) is 0 Å². The van der Waals surface area contributed by atoms with Gasteiger partial charge in [-0.3, -0.25) is 0 Å². The fourth-order valence-corrected chi connectivity index (χ4v) is 8.38. The quantitative estimate of drug-likeness (QED) is 0.197. The molecule has 5 atom stereocenters. The number of thioether (sulfide) groups is 1. The smallest absolute Gasteiger partial charge is 0.209 e. The molecule has 0 aromatic heterocycles. The van der Waals surface area contributed by atoms with E-state index < -0.39 is 15.3 Å². The van der Waals surface area contributed by atoms with Crippen molar-refractivity contribution >= 4 is 27.3 Å². The number of rotatable bonds is 14. The van der Waals surface area contributed by atoms with Gasteiger partial charge in [-0.2, -0.15) is 11.8 Å². The molecule has 0 bridgehead atoms. The molecule has 3 aromatic carbocycles. The molecule has 2 heterocycles. The first-order valence-electron chi connectivity index (χ1n) is 16.1. The molecule has 10 heteroatoms. The van der Waals surface area contributed by atoms with Gasteiger partial charge in [-0.1, -0.05) is 42.8 Å². The topological polar surface area (TPSA) is 86.3 Å². The van der Waals surface area contributed by atoms with E-state index in [0.717, 1.165) is 60.7 Å². The number of fused-ring (bicyclic) bond motifs is 1. The number of hydrogen-bond acceptors (Lipinski definition) is 9. The highest BCUT2D eigenvalue weighted by molar-refractivity contribution is 7.99. The summed E-state index contributed by atoms with van der Waals surface area (Å²) in [6.45, 7) is 7.48. The Morgan fingerprint density at radius 3 is 2.52 bits per heavy atom. The molecule has 46 heavy (non-hydrogen) atoms. The first-order valence-corrected chi connectivity index (χ1v) is 18.9. The van der Waals surface area contributed by atoms with Gasteiger partial charge in [0.1, 0.15) is 18.1 Å². The minimum absolute atomic E-state index is 0.00608. The first-order chi connectivity index (χ1) is 22.2. The van der Waals surface area contributed by atoms with E-state index in [1.54, 1.807) is 26.4 Å². The number of hydrogen-bond donors (Lipinski definition) is 1. The summed E-state index contributed by atoms with van der Waals surface area (Å²) in [5.74, 6) is 1.53. The number of ether oxygens (including phenoxy) is 4. The van der Waals surface area contributed by atoms with Crippen LogP contribution in [0.4, 0.5) is 5.69 Å². The lowest BCUT2D eigenvalue weighted by Gasteiger charge is -2.40. The van der Waals surface area contributed by atoms with Crippen molar-refractivity contribution in [3.8, 4) is 11.5 Å². The van der Waals surface area contributed by atoms with Crippen molar-refractivity contribution in [2.45, 2.75) is 66.8 Å². The third-order valence-corrected chi connectivity index (χ3v) is 12.0. The molecule has 2 unspecified atom stereocenters. The summed E-state index contributed by atoms with van der Waals surface area (Å²) >= 11 is 1.86. The summed E-state index contributed by atoms with van der Waals surface area (Å²) in [5, 5.41) is 4.21. The first kappa shape index (κ1) is 34.6. The number of nitrogens with one attached hydrogen (secondary N) is 1. The summed E-state index contributed by atoms with van der Waals surface area (Å²) in [6.07, 6.45) is 4.47. The number of methoxy groups -OCH3 is 2. The second kappa shape index (κ2) is 15.9. The molecule has 2 aliphatic rings. The standard InChI is InChI=1S/C36H48N2O6S2/c1-25-7-14-31(15-8-25)46(39,40)36(28-11-16-34-33(22-28)38(18-20-43-34)17-6-19-41-3)44-35-24-37-29(21-26(2)45-5)23-32(35)27-9-12-30(42-4)13-10-27/h7-16,22,26,29,32,35-37H,6,17-21,23-24H2,1-5H3/t26?,29-,32+,35-,36?/m0/s1. The van der Waals surface area contributed by atoms with Crippen LogP contribution in [0.25, 0.3) is 0 Å². The Bertz CT molecular complexity index is 1520. The van der Waals surface area contributed by atoms with Crippen LogP contribution < -0.4 is 19.7 Å². The Kier molecular flexibility index (Phi) is 11.9. The molecule has 1 saturated heterocycles. The predicted molar refractivity (Wildman–Crippen MR) is 186 cm³/mol. The number of nitrogens with zero attached hydrogens (tertiary/aromatic N) is 1. The van der Waals surface area contributed by atoms with Crippen molar-refractivity contribution in [1.82, 2.24) is 5.32 Å². The Morgan fingerprint density at radius 2 is 1.83 bits per heavy atom. The van der Waals surface area contributed by atoms with Gasteiger partial charge < -0.3 is 29.2 Å². The average Bonchev–Trinajstić information content (AvgIpc) is 3.07. The monoisotopic (exact) mass is 668 g/mol. The number of aryl methyl sites for hydroxylation is 1. The Balaban J connectivity index is 1.53. The Hall–Kier alpha value is -2.76. The number of piperidine rings is 1. The highest BCUT2D eigenvalue weighted by Gasteiger charge is 2.39. The fraction of sp³-hybridized carbons (Fsp3) is 0.500. The van der Waals surface area contributed by atoms with Crippen LogP contribution in [0.15, 0.2) is 71.6 Å². The van der Waals surface area contributed by atoms with Gasteiger partial charge in [0.2, 0.25) is 9.84 Å². The van der Waals surface area contributed by atoms with Crippen LogP contribution in [0.3, 0.4) is 0 Å². The van der Waals surface area contributed by atoms with E-state index in [4.69, 9.17) is 18.9 Å². The zero-order chi connectivity index (χ0) is 32.7. The molecule has 0 spiro atoms. The van der Waals surface area contributed by atoms with Crippen LogP contribution in [0.2, 0.25) is 0 Å². The fourth-order valence-electron chi connectivity index (χ4n) is 6.40. The maximum Gasteiger partial charge on any atom is 0.209 e. The van der Waals surface area contributed by atoms with Crippen molar-refractivity contribution < 1.29 is 27.4 Å². The Labute approximate surface area is 279 Å². The van der Waals surface area contributed by atoms with Crippen LogP contribution in [-0.2, 0) is 19.3 Å². The summed E-state index contributed by atoms with van der Waals surface area (Å²) in [6, 6.07) is 21.1. The lowest BCUT2D eigenvalue weighted by Crippen LogP contribution is -2.48. The summed E-state index contributed by atoms with van der Waals surface area (Å²) in [5.41, 5.74) is 2.37. The van der Waals surface area contributed by atoms with Crippen LogP contribution in [0.5, 0.6) is 11.5 Å². The number of sulfone groups is 1. The van der Waals surface area contributed by atoms with Crippen molar-refractivity contribution in [3.05, 3.63) is 83.4 Å². The maximum atomic E-state index is 14.5. The number of benzene rings is 3. The third kappa shape index (κ3) is 8.20. The molecular formula is C36H48N2O6S2. The van der Waals surface area contributed by atoms with Crippen LogP contribution in [0, 0.1) is 6.92 Å². The Morgan fingerprint density at radius 1 is 1.07 bits per heavy atom. The predicted octanol–water partition coefficient (Wildman–Crippen LogP) is 6.38. The minimum atomic E-state index is -3.94. The van der Waals surface area contributed by atoms with Gasteiger partial charge >= 0.3 is 0 Å². The van der Waals surface area contributed by atoms with Crippen molar-refractivity contribution in [3.63, 3.8) is 0 Å². The zero-order valence-corrected chi connectivity index (χ0v) is 29.2. The lowest BCUT2D eigenvalue weighted by atomic mass is 9.83. The van der Waals surface area contributed by atoms with Gasteiger partial charge in [-0.05, 0) is 80.0 Å². The summed E-state index contributed by atoms with van der Waals surface area (Å²) in [4.78, 5) is 2.49. The summed E-state index contributed by atoms with van der Waals surface area (Å²) < 4.78 is 52.7. The van der Waals surface area contributed by atoms with Gasteiger partial charge in [-0.25, -0.2) is 8.42 Å². The molecule has 3 aromatic rings. The van der Waals surface area contributed by atoms with Gasteiger partial charge in [0.15, 0.2) is 5.44 Å². The highest BCUT2D eigenvalue weighted by atomic mass is 32.2. The summed E-state index contributed by atoms with van der Waals surface area (Å²) in [7, 11) is -0.577. The van der Waals surface area contributed by atoms with Crippen LogP contribution >= 0.6 is 11.8 Å². The molecule has 0 aliphatic carbocycles. The molecule has 0 amide bonds. The van der Waals surface area contributed by atoms with E-state index in [1.807, 2.05) is 61.2 Å². The van der Waals surface area contributed by atoms with E-state index in [0.29, 0.717) is 36.6 Å². The van der Waals surface area contributed by atoms with Crippen LogP contribution in [-0.4, -0.2) is 79.1 Å². The normalized spacial score (nSPS) is 21.2. The zero-order valence-electron chi connectivity index (χ0n) is 27.6.